The molecular formula is C17H23N3O. The summed E-state index contributed by atoms with van der Waals surface area (Å²) in [5.74, 6) is 0.888. The van der Waals surface area contributed by atoms with E-state index >= 15 is 0 Å². The summed E-state index contributed by atoms with van der Waals surface area (Å²) in [6.45, 7) is 8.01. The Balaban J connectivity index is 2.39. The standard InChI is InChI=1S/C17H23N3O/c1-11(2)21-15-8-6-7-14(10-15)17(18-5)16-9-12(3)19-20-13(16)4/h6-11,17-18H,1-5H3. The highest BCUT2D eigenvalue weighted by atomic mass is 16.5. The molecule has 0 aliphatic rings. The van der Waals surface area contributed by atoms with Gasteiger partial charge in [0.25, 0.3) is 0 Å². The van der Waals surface area contributed by atoms with Crippen LogP contribution in [0.25, 0.3) is 0 Å². The van der Waals surface area contributed by atoms with Gasteiger partial charge in [0, 0.05) is 0 Å². The van der Waals surface area contributed by atoms with E-state index in [9.17, 15) is 0 Å². The van der Waals surface area contributed by atoms with Crippen molar-refractivity contribution in [3.05, 3.63) is 52.8 Å². The second-order valence-corrected chi connectivity index (χ2v) is 5.49. The normalized spacial score (nSPS) is 12.5. The zero-order chi connectivity index (χ0) is 15.4. The molecule has 0 saturated carbocycles. The molecule has 2 aromatic rings. The monoisotopic (exact) mass is 285 g/mol. The summed E-state index contributed by atoms with van der Waals surface area (Å²) in [6, 6.07) is 10.3. The predicted octanol–water partition coefficient (Wildman–Crippen LogP) is 3.19. The Kier molecular flexibility index (Phi) is 4.91. The van der Waals surface area contributed by atoms with Crippen molar-refractivity contribution in [2.75, 3.05) is 7.05 Å². The second-order valence-electron chi connectivity index (χ2n) is 5.49. The number of hydrogen-bond donors (Lipinski definition) is 1. The first-order valence-electron chi connectivity index (χ1n) is 7.26. The van der Waals surface area contributed by atoms with E-state index in [1.54, 1.807) is 0 Å². The average Bonchev–Trinajstić information content (AvgIpc) is 2.43. The molecule has 21 heavy (non-hydrogen) atoms. The zero-order valence-electron chi connectivity index (χ0n) is 13.3. The summed E-state index contributed by atoms with van der Waals surface area (Å²) >= 11 is 0. The molecule has 1 aromatic carbocycles. The number of nitrogens with zero attached hydrogens (tertiary/aromatic N) is 2. The molecule has 0 bridgehead atoms. The van der Waals surface area contributed by atoms with Gasteiger partial charge < -0.3 is 10.1 Å². The summed E-state index contributed by atoms with van der Waals surface area (Å²) in [6.07, 6.45) is 0.167. The fourth-order valence-corrected chi connectivity index (χ4v) is 2.40. The first kappa shape index (κ1) is 15.4. The minimum absolute atomic E-state index is 0.0786. The molecule has 0 radical (unpaired) electrons. The molecule has 2 rings (SSSR count). The van der Waals surface area contributed by atoms with E-state index in [-0.39, 0.29) is 12.1 Å². The van der Waals surface area contributed by atoms with Crippen LogP contribution in [0.2, 0.25) is 0 Å². The minimum Gasteiger partial charge on any atom is -0.491 e. The van der Waals surface area contributed by atoms with Gasteiger partial charge >= 0.3 is 0 Å². The molecule has 0 amide bonds. The maximum Gasteiger partial charge on any atom is 0.120 e. The predicted molar refractivity (Wildman–Crippen MR) is 84.6 cm³/mol. The Morgan fingerprint density at radius 3 is 2.52 bits per heavy atom. The Morgan fingerprint density at radius 2 is 1.86 bits per heavy atom. The topological polar surface area (TPSA) is 47.0 Å². The van der Waals surface area contributed by atoms with Crippen LogP contribution in [-0.2, 0) is 0 Å². The van der Waals surface area contributed by atoms with Gasteiger partial charge in [-0.25, -0.2) is 0 Å². The molecule has 0 aliphatic carbocycles. The maximum atomic E-state index is 5.78. The van der Waals surface area contributed by atoms with Gasteiger partial charge in [0.1, 0.15) is 5.75 Å². The number of aryl methyl sites for hydroxylation is 2. The van der Waals surface area contributed by atoms with Crippen LogP contribution in [0.1, 0.15) is 42.4 Å². The number of hydrogen-bond acceptors (Lipinski definition) is 4. The largest absolute Gasteiger partial charge is 0.491 e. The van der Waals surface area contributed by atoms with Crippen LogP contribution in [0.4, 0.5) is 0 Å². The Morgan fingerprint density at radius 1 is 1.10 bits per heavy atom. The van der Waals surface area contributed by atoms with Crippen LogP contribution in [0.3, 0.4) is 0 Å². The van der Waals surface area contributed by atoms with Gasteiger partial charge in [-0.15, -0.1) is 0 Å². The Hall–Kier alpha value is -1.94. The van der Waals surface area contributed by atoms with Gasteiger partial charge in [-0.05, 0) is 64.1 Å². The SMILES string of the molecule is CNC(c1cccc(OC(C)C)c1)c1cc(C)nnc1C. The molecule has 1 N–H and O–H groups in total. The molecular weight excluding hydrogens is 262 g/mol. The van der Waals surface area contributed by atoms with Crippen molar-refractivity contribution in [1.82, 2.24) is 15.5 Å². The highest BCUT2D eigenvalue weighted by Crippen LogP contribution is 2.27. The van der Waals surface area contributed by atoms with Crippen molar-refractivity contribution in [1.29, 1.82) is 0 Å². The molecule has 112 valence electrons. The summed E-state index contributed by atoms with van der Waals surface area (Å²) in [5.41, 5.74) is 4.17. The molecule has 1 unspecified atom stereocenters. The third-order valence-corrected chi connectivity index (χ3v) is 3.30. The smallest absolute Gasteiger partial charge is 0.120 e. The van der Waals surface area contributed by atoms with E-state index < -0.39 is 0 Å². The lowest BCUT2D eigenvalue weighted by atomic mass is 9.97. The summed E-state index contributed by atoms with van der Waals surface area (Å²) < 4.78 is 5.78. The third-order valence-electron chi connectivity index (χ3n) is 3.30. The van der Waals surface area contributed by atoms with Crippen molar-refractivity contribution in [3.63, 3.8) is 0 Å². The van der Waals surface area contributed by atoms with Crippen molar-refractivity contribution < 1.29 is 4.74 Å². The molecule has 0 fully saturated rings. The van der Waals surface area contributed by atoms with Gasteiger partial charge in [0.2, 0.25) is 0 Å². The van der Waals surface area contributed by atoms with Crippen LogP contribution in [0, 0.1) is 13.8 Å². The Bertz CT molecular complexity index is 611. The molecule has 4 heteroatoms. The lowest BCUT2D eigenvalue weighted by molar-refractivity contribution is 0.242. The van der Waals surface area contributed by atoms with Crippen LogP contribution in [0.15, 0.2) is 30.3 Å². The summed E-state index contributed by atoms with van der Waals surface area (Å²) in [5, 5.41) is 11.7. The molecule has 0 aliphatic heterocycles. The first-order valence-corrected chi connectivity index (χ1v) is 7.26. The van der Waals surface area contributed by atoms with Gasteiger partial charge in [-0.2, -0.15) is 10.2 Å². The second kappa shape index (κ2) is 6.68. The van der Waals surface area contributed by atoms with Crippen LogP contribution >= 0.6 is 0 Å². The molecule has 0 spiro atoms. The fourth-order valence-electron chi connectivity index (χ4n) is 2.40. The molecule has 1 heterocycles. The van der Waals surface area contributed by atoms with Crippen molar-refractivity contribution in [2.45, 2.75) is 39.8 Å². The first-order chi connectivity index (χ1) is 10.0. The maximum absolute atomic E-state index is 5.78. The number of ether oxygens (including phenoxy) is 1. The van der Waals surface area contributed by atoms with Crippen LogP contribution in [0.5, 0.6) is 5.75 Å². The number of aromatic nitrogens is 2. The van der Waals surface area contributed by atoms with Crippen molar-refractivity contribution >= 4 is 0 Å². The van der Waals surface area contributed by atoms with E-state index in [0.29, 0.717) is 0 Å². The minimum atomic E-state index is 0.0786. The number of nitrogens with one attached hydrogen (secondary N) is 1. The van der Waals surface area contributed by atoms with E-state index in [1.807, 2.05) is 46.9 Å². The lowest BCUT2D eigenvalue weighted by Crippen LogP contribution is -2.20. The molecule has 4 nitrogen and oxygen atoms in total. The van der Waals surface area contributed by atoms with E-state index in [0.717, 1.165) is 28.3 Å². The molecule has 0 saturated heterocycles. The van der Waals surface area contributed by atoms with E-state index in [1.165, 1.54) is 0 Å². The van der Waals surface area contributed by atoms with E-state index in [4.69, 9.17) is 4.74 Å². The van der Waals surface area contributed by atoms with Gasteiger partial charge in [-0.3, -0.25) is 0 Å². The summed E-state index contributed by atoms with van der Waals surface area (Å²) in [4.78, 5) is 0. The van der Waals surface area contributed by atoms with Crippen molar-refractivity contribution in [3.8, 4) is 5.75 Å². The lowest BCUT2D eigenvalue weighted by Gasteiger charge is -2.20. The summed E-state index contributed by atoms with van der Waals surface area (Å²) in [7, 11) is 1.95. The van der Waals surface area contributed by atoms with Crippen LogP contribution in [-0.4, -0.2) is 23.3 Å². The highest BCUT2D eigenvalue weighted by molar-refractivity contribution is 5.38. The van der Waals surface area contributed by atoms with Crippen molar-refractivity contribution in [2.24, 2.45) is 0 Å². The van der Waals surface area contributed by atoms with Gasteiger partial charge in [-0.1, -0.05) is 12.1 Å². The molecule has 1 aromatic heterocycles. The zero-order valence-corrected chi connectivity index (χ0v) is 13.3. The van der Waals surface area contributed by atoms with Gasteiger partial charge in [0.05, 0.1) is 23.5 Å². The third kappa shape index (κ3) is 3.79. The number of benzene rings is 1. The average molecular weight is 285 g/mol. The van der Waals surface area contributed by atoms with Crippen LogP contribution < -0.4 is 10.1 Å². The fraction of sp³-hybridized carbons (Fsp3) is 0.412. The Labute approximate surface area is 126 Å². The number of rotatable bonds is 5. The molecule has 1 atom stereocenters. The van der Waals surface area contributed by atoms with E-state index in [2.05, 4.69) is 33.7 Å². The van der Waals surface area contributed by atoms with Gasteiger partial charge in [0.15, 0.2) is 0 Å². The highest BCUT2D eigenvalue weighted by Gasteiger charge is 2.16. The quantitative estimate of drug-likeness (QED) is 0.916.